The van der Waals surface area contributed by atoms with Crippen LogP contribution in [0, 0.1) is 11.8 Å². The average Bonchev–Trinajstić information content (AvgIpc) is 2.62. The van der Waals surface area contributed by atoms with Crippen molar-refractivity contribution in [2.75, 3.05) is 0 Å². The second kappa shape index (κ2) is 5.33. The van der Waals surface area contributed by atoms with Gasteiger partial charge in [-0.05, 0) is 60.4 Å². The lowest BCUT2D eigenvalue weighted by Crippen LogP contribution is -2.47. The monoisotopic (exact) mass is 237 g/mol. The zero-order valence-corrected chi connectivity index (χ0v) is 11.4. The molecule has 1 N–H and O–H groups in total. The lowest BCUT2D eigenvalue weighted by Gasteiger charge is -2.40. The molecule has 1 fully saturated rings. The van der Waals surface area contributed by atoms with E-state index in [2.05, 4.69) is 42.9 Å². The minimum absolute atomic E-state index is 0.618. The van der Waals surface area contributed by atoms with Crippen LogP contribution >= 0.6 is 11.3 Å². The van der Waals surface area contributed by atoms with Crippen LogP contribution in [0.2, 0.25) is 0 Å². The van der Waals surface area contributed by atoms with Crippen molar-refractivity contribution in [2.24, 2.45) is 11.8 Å². The minimum atomic E-state index is 0.618. The van der Waals surface area contributed by atoms with Crippen molar-refractivity contribution in [1.29, 1.82) is 0 Å². The Balaban J connectivity index is 1.67. The van der Waals surface area contributed by atoms with Crippen LogP contribution in [0.4, 0.5) is 0 Å². The van der Waals surface area contributed by atoms with Crippen molar-refractivity contribution in [3.63, 3.8) is 0 Å². The van der Waals surface area contributed by atoms with E-state index in [1.807, 2.05) is 0 Å². The molecule has 1 aromatic rings. The summed E-state index contributed by atoms with van der Waals surface area (Å²) in [6.07, 6.45) is 3.93. The summed E-state index contributed by atoms with van der Waals surface area (Å²) in [4.78, 5) is 0. The number of nitrogens with one attached hydrogen (secondary N) is 1. The SMILES string of the molecule is CC(Cc1ccsc1)NC1CC(C(C)C)C1. The maximum Gasteiger partial charge on any atom is 0.00820 e. The molecule has 0 bridgehead atoms. The highest BCUT2D eigenvalue weighted by Crippen LogP contribution is 2.33. The fourth-order valence-corrected chi connectivity index (χ4v) is 3.25. The summed E-state index contributed by atoms with van der Waals surface area (Å²) in [5.41, 5.74) is 1.48. The van der Waals surface area contributed by atoms with Gasteiger partial charge in [0.05, 0.1) is 0 Å². The van der Waals surface area contributed by atoms with Crippen LogP contribution in [-0.2, 0) is 6.42 Å². The summed E-state index contributed by atoms with van der Waals surface area (Å²) in [7, 11) is 0. The standard InChI is InChI=1S/C14H23NS/c1-10(2)13-7-14(8-13)15-11(3)6-12-4-5-16-9-12/h4-5,9-11,13-15H,6-8H2,1-3H3. The first-order chi connectivity index (χ1) is 7.65. The Kier molecular flexibility index (Phi) is 4.04. The number of rotatable bonds is 5. The van der Waals surface area contributed by atoms with E-state index in [9.17, 15) is 0 Å². The van der Waals surface area contributed by atoms with Crippen molar-refractivity contribution < 1.29 is 0 Å². The molecule has 2 rings (SSSR count). The summed E-state index contributed by atoms with van der Waals surface area (Å²) in [6.45, 7) is 6.99. The lowest BCUT2D eigenvalue weighted by molar-refractivity contribution is 0.159. The van der Waals surface area contributed by atoms with Gasteiger partial charge in [-0.1, -0.05) is 13.8 Å². The average molecular weight is 237 g/mol. The molecule has 2 heteroatoms. The van der Waals surface area contributed by atoms with Gasteiger partial charge in [0.1, 0.15) is 0 Å². The first kappa shape index (κ1) is 12.1. The highest BCUT2D eigenvalue weighted by Gasteiger charge is 2.31. The van der Waals surface area contributed by atoms with E-state index in [1.165, 1.54) is 24.8 Å². The van der Waals surface area contributed by atoms with Gasteiger partial charge in [0.25, 0.3) is 0 Å². The minimum Gasteiger partial charge on any atom is -0.311 e. The van der Waals surface area contributed by atoms with Crippen molar-refractivity contribution in [3.8, 4) is 0 Å². The third-order valence-electron chi connectivity index (χ3n) is 3.76. The largest absolute Gasteiger partial charge is 0.311 e. The highest BCUT2D eigenvalue weighted by atomic mass is 32.1. The lowest BCUT2D eigenvalue weighted by atomic mass is 9.73. The van der Waals surface area contributed by atoms with Crippen molar-refractivity contribution in [1.82, 2.24) is 5.32 Å². The first-order valence-corrected chi connectivity index (χ1v) is 7.36. The second-order valence-electron chi connectivity index (χ2n) is 5.58. The molecule has 90 valence electrons. The Labute approximate surface area is 103 Å². The van der Waals surface area contributed by atoms with E-state index in [-0.39, 0.29) is 0 Å². The summed E-state index contributed by atoms with van der Waals surface area (Å²) in [6, 6.07) is 3.63. The molecule has 0 spiro atoms. The number of hydrogen-bond acceptors (Lipinski definition) is 2. The van der Waals surface area contributed by atoms with Crippen LogP contribution < -0.4 is 5.32 Å². The Hall–Kier alpha value is -0.340. The summed E-state index contributed by atoms with van der Waals surface area (Å²) in [5.74, 6) is 1.83. The quantitative estimate of drug-likeness (QED) is 0.823. The van der Waals surface area contributed by atoms with E-state index in [0.717, 1.165) is 17.9 Å². The van der Waals surface area contributed by atoms with Gasteiger partial charge in [0.15, 0.2) is 0 Å². The first-order valence-electron chi connectivity index (χ1n) is 6.42. The molecular weight excluding hydrogens is 214 g/mol. The fraction of sp³-hybridized carbons (Fsp3) is 0.714. The number of thiophene rings is 1. The molecule has 1 aliphatic carbocycles. The molecular formula is C14H23NS. The molecule has 1 aromatic heterocycles. The molecule has 0 aliphatic heterocycles. The molecule has 1 heterocycles. The van der Waals surface area contributed by atoms with Crippen LogP contribution in [0.25, 0.3) is 0 Å². The highest BCUT2D eigenvalue weighted by molar-refractivity contribution is 7.07. The van der Waals surface area contributed by atoms with Gasteiger partial charge < -0.3 is 5.32 Å². The third-order valence-corrected chi connectivity index (χ3v) is 4.49. The molecule has 0 aromatic carbocycles. The van der Waals surface area contributed by atoms with Crippen LogP contribution in [0.1, 0.15) is 39.2 Å². The normalized spacial score (nSPS) is 26.8. The Morgan fingerprint density at radius 3 is 2.69 bits per heavy atom. The van der Waals surface area contributed by atoms with E-state index in [1.54, 1.807) is 11.3 Å². The predicted molar refractivity (Wildman–Crippen MR) is 72.0 cm³/mol. The van der Waals surface area contributed by atoms with Gasteiger partial charge in [0.2, 0.25) is 0 Å². The smallest absolute Gasteiger partial charge is 0.00820 e. The molecule has 0 saturated heterocycles. The summed E-state index contributed by atoms with van der Waals surface area (Å²) < 4.78 is 0. The molecule has 1 unspecified atom stereocenters. The third kappa shape index (κ3) is 3.08. The zero-order valence-electron chi connectivity index (χ0n) is 10.6. The van der Waals surface area contributed by atoms with Gasteiger partial charge in [-0.25, -0.2) is 0 Å². The zero-order chi connectivity index (χ0) is 11.5. The van der Waals surface area contributed by atoms with Crippen LogP contribution in [-0.4, -0.2) is 12.1 Å². The fourth-order valence-electron chi connectivity index (χ4n) is 2.57. The molecule has 0 amide bonds. The molecule has 1 aliphatic rings. The molecule has 16 heavy (non-hydrogen) atoms. The Morgan fingerprint density at radius 1 is 1.38 bits per heavy atom. The van der Waals surface area contributed by atoms with Gasteiger partial charge in [0, 0.05) is 12.1 Å². The van der Waals surface area contributed by atoms with Crippen LogP contribution in [0.3, 0.4) is 0 Å². The molecule has 1 nitrogen and oxygen atoms in total. The van der Waals surface area contributed by atoms with Gasteiger partial charge in [-0.2, -0.15) is 11.3 Å². The van der Waals surface area contributed by atoms with Crippen LogP contribution in [0.5, 0.6) is 0 Å². The van der Waals surface area contributed by atoms with E-state index in [4.69, 9.17) is 0 Å². The Morgan fingerprint density at radius 2 is 2.12 bits per heavy atom. The van der Waals surface area contributed by atoms with E-state index in [0.29, 0.717) is 6.04 Å². The van der Waals surface area contributed by atoms with E-state index < -0.39 is 0 Å². The summed E-state index contributed by atoms with van der Waals surface area (Å²) in [5, 5.41) is 8.17. The van der Waals surface area contributed by atoms with Gasteiger partial charge in [-0.3, -0.25) is 0 Å². The van der Waals surface area contributed by atoms with Crippen molar-refractivity contribution in [3.05, 3.63) is 22.4 Å². The van der Waals surface area contributed by atoms with Gasteiger partial charge in [-0.15, -0.1) is 0 Å². The van der Waals surface area contributed by atoms with Crippen molar-refractivity contribution >= 4 is 11.3 Å². The van der Waals surface area contributed by atoms with E-state index >= 15 is 0 Å². The number of hydrogen-bond donors (Lipinski definition) is 1. The molecule has 0 radical (unpaired) electrons. The predicted octanol–water partition coefficient (Wildman–Crippen LogP) is 3.70. The topological polar surface area (TPSA) is 12.0 Å². The Bertz CT molecular complexity index is 299. The van der Waals surface area contributed by atoms with Gasteiger partial charge >= 0.3 is 0 Å². The van der Waals surface area contributed by atoms with Crippen molar-refractivity contribution in [2.45, 2.75) is 52.1 Å². The van der Waals surface area contributed by atoms with Crippen LogP contribution in [0.15, 0.2) is 16.8 Å². The molecule has 1 atom stereocenters. The molecule has 1 saturated carbocycles. The second-order valence-corrected chi connectivity index (χ2v) is 6.36. The summed E-state index contributed by atoms with van der Waals surface area (Å²) >= 11 is 1.80. The maximum absolute atomic E-state index is 3.74. The maximum atomic E-state index is 3.74.